The minimum Gasteiger partial charge on any atom is -0.497 e. The normalized spacial score (nSPS) is 24.0. The zero-order valence-corrected chi connectivity index (χ0v) is 13.8. The second-order valence-corrected chi connectivity index (χ2v) is 6.52. The van der Waals surface area contributed by atoms with Crippen LogP contribution in [0.1, 0.15) is 26.2 Å². The van der Waals surface area contributed by atoms with Gasteiger partial charge in [-0.05, 0) is 50.6 Å². The van der Waals surface area contributed by atoms with E-state index in [0.29, 0.717) is 0 Å². The standard InChI is InChI=1S/C18H28N2O2/c1-15-5-3-4-10-20(15)16-13-19(14-16)11-12-22-18-8-6-17(21-2)7-9-18/h6-9,15-16H,3-5,10-14H2,1-2H3/t15-/m1/s1. The first-order chi connectivity index (χ1) is 10.8. The number of hydrogen-bond acceptors (Lipinski definition) is 4. The van der Waals surface area contributed by atoms with Gasteiger partial charge in [0.25, 0.3) is 0 Å². The topological polar surface area (TPSA) is 24.9 Å². The van der Waals surface area contributed by atoms with Crippen molar-refractivity contribution in [2.45, 2.75) is 38.3 Å². The number of benzene rings is 1. The predicted molar refractivity (Wildman–Crippen MR) is 88.7 cm³/mol. The molecule has 2 aliphatic heterocycles. The van der Waals surface area contributed by atoms with Crippen molar-refractivity contribution < 1.29 is 9.47 Å². The fourth-order valence-corrected chi connectivity index (χ4v) is 3.56. The monoisotopic (exact) mass is 304 g/mol. The maximum Gasteiger partial charge on any atom is 0.119 e. The number of methoxy groups -OCH3 is 1. The Morgan fingerprint density at radius 1 is 1.09 bits per heavy atom. The van der Waals surface area contributed by atoms with E-state index < -0.39 is 0 Å². The summed E-state index contributed by atoms with van der Waals surface area (Å²) in [6, 6.07) is 9.35. The van der Waals surface area contributed by atoms with Gasteiger partial charge in [0.2, 0.25) is 0 Å². The lowest BCUT2D eigenvalue weighted by molar-refractivity contribution is -0.00692. The number of likely N-dealkylation sites (tertiary alicyclic amines) is 2. The maximum atomic E-state index is 5.80. The van der Waals surface area contributed by atoms with Crippen LogP contribution in [0.3, 0.4) is 0 Å². The van der Waals surface area contributed by atoms with Crippen LogP contribution in [0.2, 0.25) is 0 Å². The van der Waals surface area contributed by atoms with Gasteiger partial charge in [-0.25, -0.2) is 0 Å². The molecular weight excluding hydrogens is 276 g/mol. The molecule has 4 heteroatoms. The average Bonchev–Trinajstić information content (AvgIpc) is 2.51. The summed E-state index contributed by atoms with van der Waals surface area (Å²) >= 11 is 0. The summed E-state index contributed by atoms with van der Waals surface area (Å²) in [6.07, 6.45) is 4.16. The lowest BCUT2D eigenvalue weighted by Gasteiger charge is -2.49. The maximum absolute atomic E-state index is 5.80. The Balaban J connectivity index is 1.34. The van der Waals surface area contributed by atoms with Crippen LogP contribution in [0.4, 0.5) is 0 Å². The third kappa shape index (κ3) is 3.73. The smallest absolute Gasteiger partial charge is 0.119 e. The minimum atomic E-state index is 0.759. The largest absolute Gasteiger partial charge is 0.497 e. The minimum absolute atomic E-state index is 0.759. The van der Waals surface area contributed by atoms with Crippen molar-refractivity contribution in [2.24, 2.45) is 0 Å². The summed E-state index contributed by atoms with van der Waals surface area (Å²) in [5, 5.41) is 0. The molecular formula is C18H28N2O2. The molecule has 2 fully saturated rings. The van der Waals surface area contributed by atoms with Gasteiger partial charge >= 0.3 is 0 Å². The Hall–Kier alpha value is -1.26. The van der Waals surface area contributed by atoms with Gasteiger partial charge in [-0.2, -0.15) is 0 Å². The fourth-order valence-electron chi connectivity index (χ4n) is 3.56. The van der Waals surface area contributed by atoms with Crippen molar-refractivity contribution in [3.05, 3.63) is 24.3 Å². The summed E-state index contributed by atoms with van der Waals surface area (Å²) in [5.41, 5.74) is 0. The highest BCUT2D eigenvalue weighted by molar-refractivity contribution is 5.31. The van der Waals surface area contributed by atoms with Gasteiger partial charge in [-0.1, -0.05) is 6.42 Å². The first-order valence-electron chi connectivity index (χ1n) is 8.51. The number of hydrogen-bond donors (Lipinski definition) is 0. The van der Waals surface area contributed by atoms with Crippen LogP contribution in [0, 0.1) is 0 Å². The Morgan fingerprint density at radius 3 is 2.50 bits per heavy atom. The molecule has 0 bridgehead atoms. The molecule has 0 unspecified atom stereocenters. The lowest BCUT2D eigenvalue weighted by atomic mass is 9.97. The highest BCUT2D eigenvalue weighted by atomic mass is 16.5. The summed E-state index contributed by atoms with van der Waals surface area (Å²) in [6.45, 7) is 7.86. The fraction of sp³-hybridized carbons (Fsp3) is 0.667. The van der Waals surface area contributed by atoms with E-state index >= 15 is 0 Å². The molecule has 3 rings (SSSR count). The second kappa shape index (κ2) is 7.34. The first-order valence-corrected chi connectivity index (χ1v) is 8.51. The molecule has 0 aromatic heterocycles. The zero-order chi connectivity index (χ0) is 15.4. The molecule has 22 heavy (non-hydrogen) atoms. The van der Waals surface area contributed by atoms with Crippen molar-refractivity contribution in [3.63, 3.8) is 0 Å². The summed E-state index contributed by atoms with van der Waals surface area (Å²) < 4.78 is 11.0. The quantitative estimate of drug-likeness (QED) is 0.806. The third-order valence-corrected chi connectivity index (χ3v) is 5.00. The van der Waals surface area contributed by atoms with Gasteiger partial charge in [0.1, 0.15) is 18.1 Å². The van der Waals surface area contributed by atoms with Gasteiger partial charge in [-0.15, -0.1) is 0 Å². The first kappa shape index (κ1) is 15.6. The summed E-state index contributed by atoms with van der Waals surface area (Å²) in [4.78, 5) is 5.21. The highest BCUT2D eigenvalue weighted by Gasteiger charge is 2.34. The van der Waals surface area contributed by atoms with Crippen molar-refractivity contribution in [3.8, 4) is 11.5 Å². The molecule has 1 aromatic carbocycles. The van der Waals surface area contributed by atoms with Gasteiger partial charge in [-0.3, -0.25) is 9.80 Å². The van der Waals surface area contributed by atoms with Gasteiger partial charge in [0.15, 0.2) is 0 Å². The van der Waals surface area contributed by atoms with Crippen molar-refractivity contribution in [1.29, 1.82) is 0 Å². The van der Waals surface area contributed by atoms with E-state index in [-0.39, 0.29) is 0 Å². The molecule has 2 heterocycles. The zero-order valence-electron chi connectivity index (χ0n) is 13.8. The molecule has 122 valence electrons. The number of piperidine rings is 1. The van der Waals surface area contributed by atoms with Crippen LogP contribution in [0.5, 0.6) is 11.5 Å². The van der Waals surface area contributed by atoms with E-state index in [1.54, 1.807) is 7.11 Å². The van der Waals surface area contributed by atoms with Crippen LogP contribution in [0.15, 0.2) is 24.3 Å². The summed E-state index contributed by atoms with van der Waals surface area (Å²) in [5.74, 6) is 1.79. The van der Waals surface area contributed by atoms with Crippen molar-refractivity contribution in [1.82, 2.24) is 9.80 Å². The average molecular weight is 304 g/mol. The lowest BCUT2D eigenvalue weighted by Crippen LogP contribution is -2.62. The van der Waals surface area contributed by atoms with Gasteiger partial charge in [0, 0.05) is 31.7 Å². The molecule has 0 aliphatic carbocycles. The molecule has 0 N–H and O–H groups in total. The number of ether oxygens (including phenoxy) is 2. The van der Waals surface area contributed by atoms with Gasteiger partial charge < -0.3 is 9.47 Å². The molecule has 0 amide bonds. The predicted octanol–water partition coefficient (Wildman–Crippen LogP) is 2.63. The van der Waals surface area contributed by atoms with Crippen LogP contribution in [-0.2, 0) is 0 Å². The van der Waals surface area contributed by atoms with Crippen molar-refractivity contribution >= 4 is 0 Å². The SMILES string of the molecule is COc1ccc(OCCN2CC(N3CCCC[C@H]3C)C2)cc1. The van der Waals surface area contributed by atoms with E-state index in [1.807, 2.05) is 24.3 Å². The second-order valence-electron chi connectivity index (χ2n) is 6.52. The number of nitrogens with zero attached hydrogens (tertiary/aromatic N) is 2. The van der Waals surface area contributed by atoms with E-state index in [1.165, 1.54) is 38.9 Å². The van der Waals surface area contributed by atoms with E-state index in [9.17, 15) is 0 Å². The molecule has 0 saturated carbocycles. The van der Waals surface area contributed by atoms with Crippen LogP contribution < -0.4 is 9.47 Å². The van der Waals surface area contributed by atoms with E-state index in [2.05, 4.69) is 16.7 Å². The Bertz CT molecular complexity index is 457. The third-order valence-electron chi connectivity index (χ3n) is 5.00. The molecule has 2 saturated heterocycles. The Kier molecular flexibility index (Phi) is 5.21. The van der Waals surface area contributed by atoms with Gasteiger partial charge in [0.05, 0.1) is 7.11 Å². The molecule has 1 aromatic rings. The molecule has 0 spiro atoms. The highest BCUT2D eigenvalue weighted by Crippen LogP contribution is 2.24. The Morgan fingerprint density at radius 2 is 1.82 bits per heavy atom. The molecule has 1 atom stereocenters. The van der Waals surface area contributed by atoms with Crippen LogP contribution >= 0.6 is 0 Å². The molecule has 4 nitrogen and oxygen atoms in total. The van der Waals surface area contributed by atoms with Crippen molar-refractivity contribution in [2.75, 3.05) is 39.9 Å². The number of rotatable bonds is 6. The van der Waals surface area contributed by atoms with Crippen LogP contribution in [-0.4, -0.2) is 61.8 Å². The summed E-state index contributed by atoms with van der Waals surface area (Å²) in [7, 11) is 1.68. The molecule has 0 radical (unpaired) electrons. The van der Waals surface area contributed by atoms with E-state index in [4.69, 9.17) is 9.47 Å². The Labute approximate surface area is 134 Å². The van der Waals surface area contributed by atoms with E-state index in [0.717, 1.165) is 36.7 Å². The van der Waals surface area contributed by atoms with Crippen LogP contribution in [0.25, 0.3) is 0 Å². The molecule has 2 aliphatic rings.